The SMILES string of the molecule is C[C@H](NC(=O)CN1C(=O)Nc2ccc(F)c(F)c2[C@H]1C)c1ccc(F)cc1F. The number of carbonyl (C=O) groups is 2. The molecule has 9 heteroatoms. The molecule has 0 saturated carbocycles. The van der Waals surface area contributed by atoms with Crippen molar-refractivity contribution < 1.29 is 27.2 Å². The Morgan fingerprint density at radius 2 is 1.89 bits per heavy atom. The molecule has 2 N–H and O–H groups in total. The van der Waals surface area contributed by atoms with Gasteiger partial charge in [-0.15, -0.1) is 0 Å². The first-order valence-corrected chi connectivity index (χ1v) is 8.49. The summed E-state index contributed by atoms with van der Waals surface area (Å²) in [6.45, 7) is 2.50. The summed E-state index contributed by atoms with van der Waals surface area (Å²) >= 11 is 0. The van der Waals surface area contributed by atoms with Crippen LogP contribution in [0.25, 0.3) is 0 Å². The molecule has 3 rings (SSSR count). The van der Waals surface area contributed by atoms with Crippen molar-refractivity contribution in [2.45, 2.75) is 25.9 Å². The van der Waals surface area contributed by atoms with Gasteiger partial charge in [-0.1, -0.05) is 6.07 Å². The molecule has 0 radical (unpaired) electrons. The molecule has 3 amide bonds. The van der Waals surface area contributed by atoms with E-state index in [0.717, 1.165) is 17.0 Å². The summed E-state index contributed by atoms with van der Waals surface area (Å²) in [5.74, 6) is -4.36. The molecule has 0 fully saturated rings. The summed E-state index contributed by atoms with van der Waals surface area (Å²) in [5.41, 5.74) is 0.143. The molecule has 2 aromatic rings. The molecule has 2 atom stereocenters. The minimum absolute atomic E-state index is 0.0648. The van der Waals surface area contributed by atoms with Crippen LogP contribution in [-0.4, -0.2) is 23.4 Å². The van der Waals surface area contributed by atoms with Crippen LogP contribution < -0.4 is 10.6 Å². The Bertz CT molecular complexity index is 951. The first-order valence-electron chi connectivity index (χ1n) is 8.49. The van der Waals surface area contributed by atoms with Crippen molar-refractivity contribution >= 4 is 17.6 Å². The maximum Gasteiger partial charge on any atom is 0.322 e. The van der Waals surface area contributed by atoms with Crippen molar-refractivity contribution in [3.05, 3.63) is 64.7 Å². The quantitative estimate of drug-likeness (QED) is 0.768. The van der Waals surface area contributed by atoms with Crippen LogP contribution in [0.1, 0.15) is 37.1 Å². The van der Waals surface area contributed by atoms with E-state index in [0.29, 0.717) is 6.07 Å². The highest BCUT2D eigenvalue weighted by Crippen LogP contribution is 2.35. The molecule has 0 unspecified atom stereocenters. The highest BCUT2D eigenvalue weighted by Gasteiger charge is 2.34. The summed E-state index contributed by atoms with van der Waals surface area (Å²) < 4.78 is 54.6. The maximum atomic E-state index is 14.2. The minimum atomic E-state index is -1.10. The monoisotopic (exact) mass is 395 g/mol. The van der Waals surface area contributed by atoms with Crippen molar-refractivity contribution in [3.63, 3.8) is 0 Å². The fourth-order valence-corrected chi connectivity index (χ4v) is 3.18. The first kappa shape index (κ1) is 19.7. The molecule has 0 spiro atoms. The van der Waals surface area contributed by atoms with Gasteiger partial charge in [0, 0.05) is 17.2 Å². The number of hydrogen-bond acceptors (Lipinski definition) is 2. The van der Waals surface area contributed by atoms with Gasteiger partial charge in [0.05, 0.1) is 17.8 Å². The van der Waals surface area contributed by atoms with Crippen molar-refractivity contribution in [2.24, 2.45) is 0 Å². The highest BCUT2D eigenvalue weighted by atomic mass is 19.2. The van der Waals surface area contributed by atoms with Gasteiger partial charge in [0.25, 0.3) is 0 Å². The third kappa shape index (κ3) is 3.64. The Labute approximate surface area is 158 Å². The van der Waals surface area contributed by atoms with Gasteiger partial charge in [-0.3, -0.25) is 4.79 Å². The van der Waals surface area contributed by atoms with Crippen LogP contribution >= 0.6 is 0 Å². The number of anilines is 1. The van der Waals surface area contributed by atoms with Gasteiger partial charge in [0.2, 0.25) is 5.91 Å². The number of rotatable bonds is 4. The topological polar surface area (TPSA) is 61.4 Å². The highest BCUT2D eigenvalue weighted by molar-refractivity contribution is 5.95. The predicted octanol–water partition coefficient (Wildman–Crippen LogP) is 4.03. The predicted molar refractivity (Wildman–Crippen MR) is 93.4 cm³/mol. The fraction of sp³-hybridized carbons (Fsp3) is 0.263. The number of nitrogens with one attached hydrogen (secondary N) is 2. The summed E-state index contributed by atoms with van der Waals surface area (Å²) in [7, 11) is 0. The van der Waals surface area contributed by atoms with Crippen LogP contribution in [-0.2, 0) is 4.79 Å². The Kier molecular flexibility index (Phi) is 5.26. The average molecular weight is 395 g/mol. The smallest absolute Gasteiger partial charge is 0.322 e. The second-order valence-corrected chi connectivity index (χ2v) is 6.51. The van der Waals surface area contributed by atoms with Crippen LogP contribution in [0.3, 0.4) is 0 Å². The third-order valence-corrected chi connectivity index (χ3v) is 4.64. The molecule has 148 valence electrons. The maximum absolute atomic E-state index is 14.2. The van der Waals surface area contributed by atoms with Gasteiger partial charge < -0.3 is 15.5 Å². The molecule has 0 aromatic heterocycles. The van der Waals surface area contributed by atoms with Crippen molar-refractivity contribution in [1.82, 2.24) is 10.2 Å². The Morgan fingerprint density at radius 3 is 2.57 bits per heavy atom. The standard InChI is InChI=1S/C19H17F4N3O2/c1-9(12-4-3-11(20)7-14(12)22)24-16(27)8-26-10(2)17-15(25-19(26)28)6-5-13(21)18(17)23/h3-7,9-10H,8H2,1-2H3,(H,24,27)(H,25,28)/t9-,10+/m0/s1. The van der Waals surface area contributed by atoms with Crippen LogP contribution in [0.4, 0.5) is 28.0 Å². The Balaban J connectivity index is 1.74. The number of nitrogens with zero attached hydrogens (tertiary/aromatic N) is 1. The zero-order valence-electron chi connectivity index (χ0n) is 15.0. The number of benzene rings is 2. The van der Waals surface area contributed by atoms with Gasteiger partial charge >= 0.3 is 6.03 Å². The van der Waals surface area contributed by atoms with E-state index >= 15 is 0 Å². The molecule has 5 nitrogen and oxygen atoms in total. The molecule has 0 aliphatic carbocycles. The van der Waals surface area contributed by atoms with E-state index in [4.69, 9.17) is 0 Å². The van der Waals surface area contributed by atoms with E-state index in [2.05, 4.69) is 10.6 Å². The first-order chi connectivity index (χ1) is 13.2. The lowest BCUT2D eigenvalue weighted by Gasteiger charge is -2.35. The molecule has 1 heterocycles. The van der Waals surface area contributed by atoms with Gasteiger partial charge in [-0.05, 0) is 32.0 Å². The van der Waals surface area contributed by atoms with Crippen molar-refractivity contribution in [3.8, 4) is 0 Å². The van der Waals surface area contributed by atoms with Gasteiger partial charge in [-0.25, -0.2) is 22.4 Å². The second kappa shape index (κ2) is 7.49. The summed E-state index contributed by atoms with van der Waals surface area (Å²) in [5, 5.41) is 4.92. The van der Waals surface area contributed by atoms with E-state index in [-0.39, 0.29) is 16.8 Å². The lowest BCUT2D eigenvalue weighted by Crippen LogP contribution is -2.47. The molecule has 2 aromatic carbocycles. The van der Waals surface area contributed by atoms with Crippen LogP contribution in [0, 0.1) is 23.3 Å². The summed E-state index contributed by atoms with van der Waals surface area (Å²) in [4.78, 5) is 25.6. The normalized spacial score (nSPS) is 17.0. The van der Waals surface area contributed by atoms with Crippen molar-refractivity contribution in [1.29, 1.82) is 0 Å². The van der Waals surface area contributed by atoms with Gasteiger partial charge in [0.1, 0.15) is 18.2 Å². The van der Waals surface area contributed by atoms with Gasteiger partial charge in [-0.2, -0.15) is 0 Å². The zero-order valence-corrected chi connectivity index (χ0v) is 15.0. The fourth-order valence-electron chi connectivity index (χ4n) is 3.18. The minimum Gasteiger partial charge on any atom is -0.348 e. The molecule has 28 heavy (non-hydrogen) atoms. The van der Waals surface area contributed by atoms with Crippen LogP contribution in [0.2, 0.25) is 0 Å². The van der Waals surface area contributed by atoms with Crippen LogP contribution in [0.15, 0.2) is 30.3 Å². The zero-order chi connectivity index (χ0) is 20.6. The Hall–Kier alpha value is -3.10. The molecular weight excluding hydrogens is 378 g/mol. The number of amides is 3. The van der Waals surface area contributed by atoms with E-state index in [1.807, 2.05) is 0 Å². The van der Waals surface area contributed by atoms with E-state index in [1.165, 1.54) is 26.0 Å². The summed E-state index contributed by atoms with van der Waals surface area (Å²) in [6.07, 6.45) is 0. The molecule has 1 aliphatic heterocycles. The number of halogens is 4. The summed E-state index contributed by atoms with van der Waals surface area (Å²) in [6, 6.07) is 2.78. The van der Waals surface area contributed by atoms with Crippen molar-refractivity contribution in [2.75, 3.05) is 11.9 Å². The molecule has 1 aliphatic rings. The van der Waals surface area contributed by atoms with Gasteiger partial charge in [0.15, 0.2) is 11.6 Å². The van der Waals surface area contributed by atoms with E-state index in [1.54, 1.807) is 0 Å². The number of carbonyl (C=O) groups excluding carboxylic acids is 2. The molecular formula is C19H17F4N3O2. The Morgan fingerprint density at radius 1 is 1.18 bits per heavy atom. The van der Waals surface area contributed by atoms with Crippen LogP contribution in [0.5, 0.6) is 0 Å². The number of fused-ring (bicyclic) bond motifs is 1. The van der Waals surface area contributed by atoms with E-state index in [9.17, 15) is 27.2 Å². The second-order valence-electron chi connectivity index (χ2n) is 6.51. The van der Waals surface area contributed by atoms with E-state index < -0.39 is 53.8 Å². The molecule has 0 saturated heterocycles. The third-order valence-electron chi connectivity index (χ3n) is 4.64. The number of urea groups is 1. The molecule has 0 bridgehead atoms. The largest absolute Gasteiger partial charge is 0.348 e. The number of hydrogen-bond donors (Lipinski definition) is 2. The lowest BCUT2D eigenvalue weighted by molar-refractivity contribution is -0.122. The average Bonchev–Trinajstić information content (AvgIpc) is 2.61. The lowest BCUT2D eigenvalue weighted by atomic mass is 10.0.